The number of hydrogen-bond donors (Lipinski definition) is 3. The molecule has 4 aromatic rings. The maximum Gasteiger partial charge on any atom is 0.267 e. The summed E-state index contributed by atoms with van der Waals surface area (Å²) in [6.07, 6.45) is 1.57. The van der Waals surface area contributed by atoms with Gasteiger partial charge >= 0.3 is 0 Å². The van der Waals surface area contributed by atoms with Gasteiger partial charge in [-0.1, -0.05) is 24.3 Å². The summed E-state index contributed by atoms with van der Waals surface area (Å²) in [4.78, 5) is 34.5. The molecule has 8 heteroatoms. The third-order valence-electron chi connectivity index (χ3n) is 4.89. The second-order valence-electron chi connectivity index (χ2n) is 8.54. The first-order chi connectivity index (χ1) is 15.1. The fourth-order valence-electron chi connectivity index (χ4n) is 3.43. The van der Waals surface area contributed by atoms with Gasteiger partial charge in [0.2, 0.25) is 5.95 Å². The Morgan fingerprint density at radius 2 is 1.72 bits per heavy atom. The smallest absolute Gasteiger partial charge is 0.267 e. The number of aromatic nitrogens is 3. The van der Waals surface area contributed by atoms with Crippen molar-refractivity contribution in [1.29, 1.82) is 0 Å². The Bertz CT molecular complexity index is 1390. The van der Waals surface area contributed by atoms with Gasteiger partial charge in [-0.3, -0.25) is 9.59 Å². The summed E-state index contributed by atoms with van der Waals surface area (Å²) in [7, 11) is 0. The highest BCUT2D eigenvalue weighted by molar-refractivity contribution is 6.00. The average Bonchev–Trinajstić information content (AvgIpc) is 2.73. The topological polar surface area (TPSA) is 129 Å². The number of pyridine rings is 1. The summed E-state index contributed by atoms with van der Waals surface area (Å²) in [5.74, 6) is -0.0695. The number of para-hydroxylation sites is 1. The number of benzene rings is 2. The molecule has 8 nitrogen and oxygen atoms in total. The van der Waals surface area contributed by atoms with Crippen molar-refractivity contribution in [2.75, 3.05) is 11.5 Å². The lowest BCUT2D eigenvalue weighted by Gasteiger charge is -2.21. The average molecular weight is 428 g/mol. The van der Waals surface area contributed by atoms with Crippen LogP contribution < -0.4 is 22.3 Å². The van der Waals surface area contributed by atoms with Crippen LogP contribution in [0, 0.1) is 0 Å². The molecule has 0 bridgehead atoms. The molecule has 0 saturated heterocycles. The third-order valence-corrected chi connectivity index (χ3v) is 4.89. The van der Waals surface area contributed by atoms with E-state index in [1.807, 2.05) is 39.0 Å². The predicted molar refractivity (Wildman–Crippen MR) is 127 cm³/mol. The normalized spacial score (nSPS) is 11.5. The van der Waals surface area contributed by atoms with Crippen LogP contribution in [0.15, 0.2) is 65.6 Å². The largest absolute Gasteiger partial charge is 0.383 e. The quantitative estimate of drug-likeness (QED) is 0.460. The lowest BCUT2D eigenvalue weighted by atomic mass is 10.0. The molecule has 2 aromatic carbocycles. The summed E-state index contributed by atoms with van der Waals surface area (Å²) in [6, 6.07) is 16.0. The summed E-state index contributed by atoms with van der Waals surface area (Å²) >= 11 is 0. The maximum absolute atomic E-state index is 13.3. The van der Waals surface area contributed by atoms with Crippen molar-refractivity contribution >= 4 is 28.6 Å². The van der Waals surface area contributed by atoms with Crippen molar-refractivity contribution in [2.45, 2.75) is 26.3 Å². The SMILES string of the molecule is CC(C)(C)NC(=O)c1cc(-c2ccc3nc(N)n(-c4ccccc4)c(=O)c3c2)cnc1N. The zero-order valence-corrected chi connectivity index (χ0v) is 18.1. The fourth-order valence-corrected chi connectivity index (χ4v) is 3.43. The molecular formula is C24H24N6O2. The van der Waals surface area contributed by atoms with Gasteiger partial charge in [0.15, 0.2) is 0 Å². The molecule has 2 heterocycles. The molecule has 0 aliphatic carbocycles. The second-order valence-corrected chi connectivity index (χ2v) is 8.54. The molecule has 2 aromatic heterocycles. The standard InChI is InChI=1S/C24H24N6O2/c1-24(2,3)29-21(31)18-12-15(13-27-20(18)25)14-9-10-19-17(11-14)22(32)30(23(26)28-19)16-7-5-4-6-8-16/h4-13H,1-3H3,(H2,25,27)(H2,26,28)(H,29,31). The zero-order valence-electron chi connectivity index (χ0n) is 18.1. The molecule has 0 unspecified atom stereocenters. The fraction of sp³-hybridized carbons (Fsp3) is 0.167. The molecule has 0 radical (unpaired) electrons. The number of fused-ring (bicyclic) bond motifs is 1. The number of rotatable bonds is 3. The first-order valence-corrected chi connectivity index (χ1v) is 10.1. The molecule has 1 amide bonds. The highest BCUT2D eigenvalue weighted by Gasteiger charge is 2.19. The molecule has 5 N–H and O–H groups in total. The van der Waals surface area contributed by atoms with E-state index in [2.05, 4.69) is 15.3 Å². The summed E-state index contributed by atoms with van der Waals surface area (Å²) < 4.78 is 1.37. The van der Waals surface area contributed by atoms with Gasteiger partial charge in [-0.2, -0.15) is 0 Å². The van der Waals surface area contributed by atoms with E-state index < -0.39 is 5.54 Å². The summed E-state index contributed by atoms with van der Waals surface area (Å²) in [5, 5.41) is 3.29. The van der Waals surface area contributed by atoms with E-state index in [9.17, 15) is 9.59 Å². The molecule has 0 spiro atoms. The predicted octanol–water partition coefficient (Wildman–Crippen LogP) is 3.14. The molecular weight excluding hydrogens is 404 g/mol. The highest BCUT2D eigenvalue weighted by Crippen LogP contribution is 2.25. The minimum atomic E-state index is -0.420. The van der Waals surface area contributed by atoms with Gasteiger partial charge in [0, 0.05) is 17.3 Å². The molecule has 4 rings (SSSR count). The summed E-state index contributed by atoms with van der Waals surface area (Å²) in [5.41, 5.74) is 14.1. The zero-order chi connectivity index (χ0) is 23.0. The first-order valence-electron chi connectivity index (χ1n) is 10.1. The van der Waals surface area contributed by atoms with E-state index in [4.69, 9.17) is 11.5 Å². The third kappa shape index (κ3) is 4.02. The number of carbonyl (C=O) groups excluding carboxylic acids is 1. The van der Waals surface area contributed by atoms with E-state index in [1.54, 1.807) is 42.6 Å². The van der Waals surface area contributed by atoms with Crippen molar-refractivity contribution in [3.8, 4) is 16.8 Å². The van der Waals surface area contributed by atoms with Crippen molar-refractivity contribution in [2.24, 2.45) is 0 Å². The van der Waals surface area contributed by atoms with Gasteiger partial charge in [0.05, 0.1) is 22.2 Å². The van der Waals surface area contributed by atoms with Crippen LogP contribution >= 0.6 is 0 Å². The lowest BCUT2D eigenvalue weighted by molar-refractivity contribution is 0.0920. The number of amides is 1. The van der Waals surface area contributed by atoms with Crippen LogP contribution in [0.25, 0.3) is 27.7 Å². The van der Waals surface area contributed by atoms with Gasteiger partial charge in [-0.05, 0) is 56.7 Å². The molecule has 0 aliphatic heterocycles. The van der Waals surface area contributed by atoms with Crippen LogP contribution in [0.2, 0.25) is 0 Å². The molecule has 0 atom stereocenters. The van der Waals surface area contributed by atoms with E-state index in [0.717, 1.165) is 0 Å². The molecule has 0 aliphatic rings. The Morgan fingerprint density at radius 3 is 2.41 bits per heavy atom. The van der Waals surface area contributed by atoms with E-state index >= 15 is 0 Å². The Labute approximate surface area is 184 Å². The van der Waals surface area contributed by atoms with Crippen LogP contribution in [0.1, 0.15) is 31.1 Å². The Balaban J connectivity index is 1.84. The molecule has 162 valence electrons. The lowest BCUT2D eigenvalue weighted by Crippen LogP contribution is -2.40. The molecule has 0 saturated carbocycles. The van der Waals surface area contributed by atoms with Crippen LogP contribution in [0.5, 0.6) is 0 Å². The summed E-state index contributed by atoms with van der Waals surface area (Å²) in [6.45, 7) is 5.66. The Kier molecular flexibility index (Phi) is 5.14. The molecule has 0 fully saturated rings. The number of nitrogens with one attached hydrogen (secondary N) is 1. The first kappa shape index (κ1) is 21.0. The van der Waals surface area contributed by atoms with Gasteiger partial charge in [-0.15, -0.1) is 0 Å². The van der Waals surface area contributed by atoms with E-state index in [-0.39, 0.29) is 28.8 Å². The van der Waals surface area contributed by atoms with Crippen LogP contribution in [0.4, 0.5) is 11.8 Å². The highest BCUT2D eigenvalue weighted by atomic mass is 16.2. The van der Waals surface area contributed by atoms with E-state index in [0.29, 0.717) is 27.7 Å². The van der Waals surface area contributed by atoms with Gasteiger partial charge in [-0.25, -0.2) is 14.5 Å². The van der Waals surface area contributed by atoms with E-state index in [1.165, 1.54) is 4.57 Å². The van der Waals surface area contributed by atoms with Crippen LogP contribution in [-0.4, -0.2) is 26.0 Å². The van der Waals surface area contributed by atoms with Gasteiger partial charge < -0.3 is 16.8 Å². The van der Waals surface area contributed by atoms with Gasteiger partial charge in [0.25, 0.3) is 11.5 Å². The maximum atomic E-state index is 13.3. The number of nitrogens with two attached hydrogens (primary N) is 2. The number of carbonyl (C=O) groups is 1. The van der Waals surface area contributed by atoms with Crippen LogP contribution in [-0.2, 0) is 0 Å². The van der Waals surface area contributed by atoms with Crippen molar-refractivity contribution in [1.82, 2.24) is 19.9 Å². The second kappa shape index (κ2) is 7.81. The molecule has 32 heavy (non-hydrogen) atoms. The van der Waals surface area contributed by atoms with Gasteiger partial charge in [0.1, 0.15) is 5.82 Å². The monoisotopic (exact) mass is 428 g/mol. The number of hydrogen-bond acceptors (Lipinski definition) is 6. The minimum Gasteiger partial charge on any atom is -0.383 e. The van der Waals surface area contributed by atoms with Crippen molar-refractivity contribution in [3.05, 3.63) is 76.7 Å². The number of anilines is 2. The van der Waals surface area contributed by atoms with Crippen molar-refractivity contribution < 1.29 is 4.79 Å². The van der Waals surface area contributed by atoms with Crippen molar-refractivity contribution in [3.63, 3.8) is 0 Å². The Hall–Kier alpha value is -4.20. The number of nitrogens with zero attached hydrogens (tertiary/aromatic N) is 3. The van der Waals surface area contributed by atoms with Crippen LogP contribution in [0.3, 0.4) is 0 Å². The number of nitrogen functional groups attached to an aromatic ring is 2. The minimum absolute atomic E-state index is 0.108. The Morgan fingerprint density at radius 1 is 1.00 bits per heavy atom.